The van der Waals surface area contributed by atoms with E-state index in [1.165, 1.54) is 5.56 Å². The predicted octanol–water partition coefficient (Wildman–Crippen LogP) is 7.91. The molecule has 0 saturated carbocycles. The second-order valence-electron chi connectivity index (χ2n) is 8.10. The van der Waals surface area contributed by atoms with Crippen LogP contribution in [0.15, 0.2) is 85.1 Å². The van der Waals surface area contributed by atoms with Gasteiger partial charge < -0.3 is 14.8 Å². The molecule has 4 rings (SSSR count). The van der Waals surface area contributed by atoms with Crippen LogP contribution in [0.1, 0.15) is 32.8 Å². The summed E-state index contributed by atoms with van der Waals surface area (Å²) in [6, 6.07) is 27.2. The van der Waals surface area contributed by atoms with Gasteiger partial charge in [0.1, 0.15) is 11.5 Å². The Hall–Kier alpha value is -3.79. The SMILES string of the molecule is CCCc1ccc(Nc2ccc(-c3ccnc(-c4ccc(OCC)cc4OCC)c3)cc2)cc1. The molecule has 0 radical (unpaired) electrons. The van der Waals surface area contributed by atoms with Crippen molar-refractivity contribution in [2.24, 2.45) is 0 Å². The number of aryl methyl sites for hydroxylation is 1. The molecule has 0 bridgehead atoms. The highest BCUT2D eigenvalue weighted by atomic mass is 16.5. The lowest BCUT2D eigenvalue weighted by atomic mass is 10.0. The lowest BCUT2D eigenvalue weighted by molar-refractivity contribution is 0.324. The maximum Gasteiger partial charge on any atom is 0.132 e. The first-order chi connectivity index (χ1) is 16.7. The highest BCUT2D eigenvalue weighted by molar-refractivity contribution is 5.75. The van der Waals surface area contributed by atoms with Gasteiger partial charge in [0, 0.05) is 29.2 Å². The maximum atomic E-state index is 5.89. The molecule has 1 aromatic heterocycles. The topological polar surface area (TPSA) is 43.4 Å². The van der Waals surface area contributed by atoms with Crippen molar-refractivity contribution in [2.45, 2.75) is 33.6 Å². The fourth-order valence-electron chi connectivity index (χ4n) is 3.96. The maximum absolute atomic E-state index is 5.89. The summed E-state index contributed by atoms with van der Waals surface area (Å²) >= 11 is 0. The van der Waals surface area contributed by atoms with Crippen LogP contribution in [0, 0.1) is 0 Å². The average molecular weight is 453 g/mol. The molecule has 0 unspecified atom stereocenters. The number of hydrogen-bond donors (Lipinski definition) is 1. The van der Waals surface area contributed by atoms with E-state index in [-0.39, 0.29) is 0 Å². The lowest BCUT2D eigenvalue weighted by Gasteiger charge is -2.13. The van der Waals surface area contributed by atoms with Crippen LogP contribution in [0.4, 0.5) is 11.4 Å². The Bertz CT molecular complexity index is 1200. The summed E-state index contributed by atoms with van der Waals surface area (Å²) in [7, 11) is 0. The molecule has 0 aliphatic carbocycles. The van der Waals surface area contributed by atoms with Gasteiger partial charge in [0.05, 0.1) is 18.9 Å². The lowest BCUT2D eigenvalue weighted by Crippen LogP contribution is -1.98. The molecule has 1 heterocycles. The molecule has 1 N–H and O–H groups in total. The molecule has 0 fully saturated rings. The zero-order chi connectivity index (χ0) is 23.8. The summed E-state index contributed by atoms with van der Waals surface area (Å²) in [6.45, 7) is 7.36. The van der Waals surface area contributed by atoms with E-state index in [0.29, 0.717) is 13.2 Å². The van der Waals surface area contributed by atoms with Gasteiger partial charge in [0.2, 0.25) is 0 Å². The number of pyridine rings is 1. The van der Waals surface area contributed by atoms with E-state index < -0.39 is 0 Å². The number of aromatic nitrogens is 1. The van der Waals surface area contributed by atoms with Gasteiger partial charge in [0.15, 0.2) is 0 Å². The largest absolute Gasteiger partial charge is 0.494 e. The van der Waals surface area contributed by atoms with E-state index >= 15 is 0 Å². The first-order valence-electron chi connectivity index (χ1n) is 12.0. The molecule has 0 spiro atoms. The van der Waals surface area contributed by atoms with E-state index in [4.69, 9.17) is 9.47 Å². The molecule has 34 heavy (non-hydrogen) atoms. The first-order valence-corrected chi connectivity index (χ1v) is 12.0. The average Bonchev–Trinajstić information content (AvgIpc) is 2.87. The highest BCUT2D eigenvalue weighted by Crippen LogP contribution is 2.34. The van der Waals surface area contributed by atoms with Gasteiger partial charge >= 0.3 is 0 Å². The Morgan fingerprint density at radius 2 is 1.41 bits per heavy atom. The summed E-state index contributed by atoms with van der Waals surface area (Å²) in [4.78, 5) is 4.61. The Labute approximate surface area is 202 Å². The molecule has 4 aromatic rings. The number of nitrogens with one attached hydrogen (secondary N) is 1. The fraction of sp³-hybridized carbons (Fsp3) is 0.233. The van der Waals surface area contributed by atoms with Crippen LogP contribution in [0.25, 0.3) is 22.4 Å². The van der Waals surface area contributed by atoms with E-state index in [0.717, 1.165) is 58.1 Å². The number of nitrogens with zero attached hydrogens (tertiary/aromatic N) is 1. The Balaban J connectivity index is 1.54. The smallest absolute Gasteiger partial charge is 0.132 e. The third-order valence-corrected chi connectivity index (χ3v) is 5.60. The Morgan fingerprint density at radius 1 is 0.706 bits per heavy atom. The van der Waals surface area contributed by atoms with Crippen LogP contribution < -0.4 is 14.8 Å². The number of hydrogen-bond acceptors (Lipinski definition) is 4. The van der Waals surface area contributed by atoms with Crippen LogP contribution in [0.5, 0.6) is 11.5 Å². The summed E-state index contributed by atoms with van der Waals surface area (Å²) in [6.07, 6.45) is 4.13. The van der Waals surface area contributed by atoms with E-state index in [1.807, 2.05) is 44.3 Å². The zero-order valence-corrected chi connectivity index (χ0v) is 20.2. The van der Waals surface area contributed by atoms with Crippen molar-refractivity contribution < 1.29 is 9.47 Å². The summed E-state index contributed by atoms with van der Waals surface area (Å²) in [5, 5.41) is 3.49. The van der Waals surface area contributed by atoms with Crippen LogP contribution in [0.3, 0.4) is 0 Å². The minimum atomic E-state index is 0.581. The van der Waals surface area contributed by atoms with E-state index in [9.17, 15) is 0 Å². The molecular weight excluding hydrogens is 420 g/mol. The molecule has 0 aliphatic rings. The number of benzene rings is 3. The second kappa shape index (κ2) is 11.4. The normalized spacial score (nSPS) is 10.7. The van der Waals surface area contributed by atoms with Crippen LogP contribution >= 0.6 is 0 Å². The van der Waals surface area contributed by atoms with Gasteiger partial charge in [0.25, 0.3) is 0 Å². The van der Waals surface area contributed by atoms with Gasteiger partial charge in [-0.1, -0.05) is 37.6 Å². The zero-order valence-electron chi connectivity index (χ0n) is 20.2. The number of ether oxygens (including phenoxy) is 2. The summed E-state index contributed by atoms with van der Waals surface area (Å²) in [5.41, 5.74) is 7.60. The molecule has 4 nitrogen and oxygen atoms in total. The van der Waals surface area contributed by atoms with Gasteiger partial charge in [-0.15, -0.1) is 0 Å². The van der Waals surface area contributed by atoms with Crippen LogP contribution in [0.2, 0.25) is 0 Å². The Kier molecular flexibility index (Phi) is 7.82. The van der Waals surface area contributed by atoms with Crippen molar-refractivity contribution in [3.63, 3.8) is 0 Å². The molecule has 0 saturated heterocycles. The van der Waals surface area contributed by atoms with E-state index in [1.54, 1.807) is 0 Å². The minimum absolute atomic E-state index is 0.581. The standard InChI is InChI=1S/C30H32N2O2/c1-4-7-22-8-12-25(13-9-22)32-26-14-10-23(11-15-26)24-18-19-31-29(20-24)28-17-16-27(33-5-2)21-30(28)34-6-3/h8-21,32H,4-7H2,1-3H3. The molecular formula is C30H32N2O2. The molecule has 0 aliphatic heterocycles. The first kappa shape index (κ1) is 23.4. The van der Waals surface area contributed by atoms with Gasteiger partial charge in [-0.25, -0.2) is 0 Å². The fourth-order valence-corrected chi connectivity index (χ4v) is 3.96. The molecule has 0 amide bonds. The second-order valence-corrected chi connectivity index (χ2v) is 8.10. The van der Waals surface area contributed by atoms with Crippen LogP contribution in [-0.2, 0) is 6.42 Å². The number of rotatable bonds is 10. The quantitative estimate of drug-likeness (QED) is 0.265. The molecule has 3 aromatic carbocycles. The van der Waals surface area contributed by atoms with Gasteiger partial charge in [-0.3, -0.25) is 4.98 Å². The third kappa shape index (κ3) is 5.76. The van der Waals surface area contributed by atoms with Crippen LogP contribution in [-0.4, -0.2) is 18.2 Å². The molecule has 174 valence electrons. The van der Waals surface area contributed by atoms with Crippen molar-refractivity contribution in [3.8, 4) is 33.9 Å². The minimum Gasteiger partial charge on any atom is -0.494 e. The highest BCUT2D eigenvalue weighted by Gasteiger charge is 2.11. The summed E-state index contributed by atoms with van der Waals surface area (Å²) < 4.78 is 11.5. The predicted molar refractivity (Wildman–Crippen MR) is 141 cm³/mol. The molecule has 4 heteroatoms. The number of anilines is 2. The molecule has 0 atom stereocenters. The van der Waals surface area contributed by atoms with Crippen molar-refractivity contribution in [1.82, 2.24) is 4.98 Å². The van der Waals surface area contributed by atoms with Crippen molar-refractivity contribution >= 4 is 11.4 Å². The van der Waals surface area contributed by atoms with E-state index in [2.05, 4.69) is 71.8 Å². The van der Waals surface area contributed by atoms with Gasteiger partial charge in [-0.2, -0.15) is 0 Å². The monoisotopic (exact) mass is 452 g/mol. The third-order valence-electron chi connectivity index (χ3n) is 5.60. The Morgan fingerprint density at radius 3 is 2.09 bits per heavy atom. The summed E-state index contributed by atoms with van der Waals surface area (Å²) in [5.74, 6) is 1.58. The van der Waals surface area contributed by atoms with Gasteiger partial charge in [-0.05, 0) is 85.5 Å². The van der Waals surface area contributed by atoms with Crippen molar-refractivity contribution in [2.75, 3.05) is 18.5 Å². The van der Waals surface area contributed by atoms with Crippen molar-refractivity contribution in [1.29, 1.82) is 0 Å². The van der Waals surface area contributed by atoms with Crippen molar-refractivity contribution in [3.05, 3.63) is 90.6 Å².